The third kappa shape index (κ3) is 3.87. The highest BCUT2D eigenvalue weighted by Gasteiger charge is 2.25. The van der Waals surface area contributed by atoms with Crippen LogP contribution < -0.4 is 5.69 Å². The van der Waals surface area contributed by atoms with E-state index in [1.807, 2.05) is 24.3 Å². The number of carbonyl (C=O) groups is 1. The van der Waals surface area contributed by atoms with Crippen molar-refractivity contribution in [1.29, 1.82) is 0 Å². The fourth-order valence-electron chi connectivity index (χ4n) is 4.18. The van der Waals surface area contributed by atoms with Crippen molar-refractivity contribution in [2.75, 3.05) is 0 Å². The summed E-state index contributed by atoms with van der Waals surface area (Å²) in [4.78, 5) is 32.4. The number of aromatic nitrogens is 4. The highest BCUT2D eigenvalue weighted by molar-refractivity contribution is 5.92. The van der Waals surface area contributed by atoms with E-state index in [2.05, 4.69) is 30.3 Å². The third-order valence-electron chi connectivity index (χ3n) is 5.75. The van der Waals surface area contributed by atoms with Crippen molar-refractivity contribution < 1.29 is 9.90 Å². The first-order valence-electron chi connectivity index (χ1n) is 10.8. The first-order valence-corrected chi connectivity index (χ1v) is 10.8. The Morgan fingerprint density at radius 1 is 1.13 bits per heavy atom. The fraction of sp³-hybridized carbons (Fsp3) is 0.375. The second kappa shape index (κ2) is 8.41. The zero-order valence-electron chi connectivity index (χ0n) is 18.1. The van der Waals surface area contributed by atoms with Crippen molar-refractivity contribution >= 4 is 28.0 Å². The first-order chi connectivity index (χ1) is 14.9. The van der Waals surface area contributed by atoms with Gasteiger partial charge in [-0.1, -0.05) is 39.3 Å². The zero-order chi connectivity index (χ0) is 22.1. The predicted octanol–water partition coefficient (Wildman–Crippen LogP) is 4.81. The number of carboxylic acid groups (broad SMARTS) is 1. The Balaban J connectivity index is 1.96. The minimum Gasteiger partial charge on any atom is -0.478 e. The van der Waals surface area contributed by atoms with Crippen LogP contribution in [0, 0.1) is 5.92 Å². The van der Waals surface area contributed by atoms with E-state index in [1.54, 1.807) is 22.8 Å². The smallest absolute Gasteiger partial charge is 0.335 e. The van der Waals surface area contributed by atoms with Crippen LogP contribution in [0.2, 0.25) is 0 Å². The lowest BCUT2D eigenvalue weighted by Gasteiger charge is -2.20. The van der Waals surface area contributed by atoms with Crippen LogP contribution in [0.3, 0.4) is 0 Å². The summed E-state index contributed by atoms with van der Waals surface area (Å²) in [6.07, 6.45) is 2.56. The minimum absolute atomic E-state index is 0.159. The molecule has 2 aromatic heterocycles. The number of aryl methyl sites for hydroxylation is 1. The van der Waals surface area contributed by atoms with Crippen molar-refractivity contribution in [2.24, 2.45) is 5.92 Å². The van der Waals surface area contributed by atoms with E-state index in [-0.39, 0.29) is 17.3 Å². The molecule has 7 heteroatoms. The number of hydrogen-bond acceptors (Lipinski definition) is 3. The van der Waals surface area contributed by atoms with Gasteiger partial charge in [0.2, 0.25) is 0 Å². The topological polar surface area (TPSA) is 92.9 Å². The highest BCUT2D eigenvalue weighted by atomic mass is 16.4. The number of benzene rings is 2. The molecule has 2 N–H and O–H groups in total. The van der Waals surface area contributed by atoms with E-state index >= 15 is 0 Å². The summed E-state index contributed by atoms with van der Waals surface area (Å²) in [6, 6.07) is 12.5. The second-order valence-corrected chi connectivity index (χ2v) is 8.43. The lowest BCUT2D eigenvalue weighted by Crippen LogP contribution is -2.26. The Hall–Kier alpha value is -3.35. The van der Waals surface area contributed by atoms with Gasteiger partial charge in [-0.15, -0.1) is 0 Å². The van der Waals surface area contributed by atoms with Crippen molar-refractivity contribution in [3.05, 3.63) is 64.3 Å². The van der Waals surface area contributed by atoms with Gasteiger partial charge in [-0.2, -0.15) is 0 Å². The molecular formula is C24H28N4O3. The number of hydrogen-bond donors (Lipinski definition) is 2. The Morgan fingerprint density at radius 3 is 2.61 bits per heavy atom. The second-order valence-electron chi connectivity index (χ2n) is 8.43. The number of nitrogens with zero attached hydrogens (tertiary/aromatic N) is 3. The van der Waals surface area contributed by atoms with Gasteiger partial charge in [0, 0.05) is 6.54 Å². The number of rotatable bonds is 8. The lowest BCUT2D eigenvalue weighted by atomic mass is 10.1. The molecule has 162 valence electrons. The van der Waals surface area contributed by atoms with E-state index in [4.69, 9.17) is 4.98 Å². The van der Waals surface area contributed by atoms with Crippen molar-refractivity contribution in [1.82, 2.24) is 19.1 Å². The normalized spacial score (nSPS) is 12.8. The summed E-state index contributed by atoms with van der Waals surface area (Å²) in [5.41, 5.74) is 3.27. The highest BCUT2D eigenvalue weighted by Crippen LogP contribution is 2.30. The molecule has 0 radical (unpaired) electrons. The number of aromatic carboxylic acids is 1. The maximum Gasteiger partial charge on any atom is 0.335 e. The fourth-order valence-corrected chi connectivity index (χ4v) is 4.18. The Bertz CT molecular complexity index is 1300. The number of para-hydroxylation sites is 2. The number of H-pyrrole nitrogens is 1. The molecule has 0 fully saturated rings. The monoisotopic (exact) mass is 420 g/mol. The largest absolute Gasteiger partial charge is 0.478 e. The van der Waals surface area contributed by atoms with Crippen LogP contribution in [0.4, 0.5) is 0 Å². The van der Waals surface area contributed by atoms with Gasteiger partial charge in [-0.3, -0.25) is 4.57 Å². The lowest BCUT2D eigenvalue weighted by molar-refractivity contribution is 0.0697. The number of carboxylic acids is 1. The van der Waals surface area contributed by atoms with Crippen LogP contribution in [0.15, 0.2) is 47.3 Å². The molecule has 0 aliphatic heterocycles. The summed E-state index contributed by atoms with van der Waals surface area (Å²) in [6.45, 7) is 7.13. The molecule has 0 amide bonds. The van der Waals surface area contributed by atoms with Crippen molar-refractivity contribution in [3.8, 4) is 0 Å². The molecule has 4 rings (SSSR count). The van der Waals surface area contributed by atoms with Gasteiger partial charge in [-0.25, -0.2) is 14.6 Å². The average molecular weight is 421 g/mol. The minimum atomic E-state index is -0.960. The predicted molar refractivity (Wildman–Crippen MR) is 122 cm³/mol. The van der Waals surface area contributed by atoms with E-state index in [0.29, 0.717) is 12.5 Å². The molecule has 0 aliphatic carbocycles. The molecule has 7 nitrogen and oxygen atoms in total. The van der Waals surface area contributed by atoms with Crippen molar-refractivity contribution in [2.45, 2.75) is 52.6 Å². The summed E-state index contributed by atoms with van der Waals surface area (Å²) in [5.74, 6) is 0.318. The number of imidazole rings is 2. The molecule has 0 aliphatic rings. The zero-order valence-corrected chi connectivity index (χ0v) is 18.1. The van der Waals surface area contributed by atoms with Crippen LogP contribution in [0.1, 0.15) is 62.3 Å². The molecule has 0 bridgehead atoms. The Kier molecular flexibility index (Phi) is 5.67. The van der Waals surface area contributed by atoms with Gasteiger partial charge in [-0.05, 0) is 49.1 Å². The Labute approximate surface area is 180 Å². The van der Waals surface area contributed by atoms with Crippen LogP contribution in [0.25, 0.3) is 22.1 Å². The number of nitrogens with one attached hydrogen (secondary N) is 1. The van der Waals surface area contributed by atoms with Crippen LogP contribution in [0.5, 0.6) is 0 Å². The van der Waals surface area contributed by atoms with Crippen LogP contribution in [-0.4, -0.2) is 30.2 Å². The summed E-state index contributed by atoms with van der Waals surface area (Å²) in [5, 5.41) is 9.48. The molecule has 1 unspecified atom stereocenters. The maximum atomic E-state index is 13.0. The van der Waals surface area contributed by atoms with E-state index in [9.17, 15) is 14.7 Å². The van der Waals surface area contributed by atoms with Gasteiger partial charge < -0.3 is 14.7 Å². The SMILES string of the molecule is CCCC(c1nc2ccc(C(=O)O)cc2n1CCC(C)C)n1c(=O)[nH]c2ccccc21. The molecular weight excluding hydrogens is 392 g/mol. The molecule has 1 atom stereocenters. The van der Waals surface area contributed by atoms with Gasteiger partial charge in [0.25, 0.3) is 0 Å². The maximum absolute atomic E-state index is 13.0. The average Bonchev–Trinajstić information content (AvgIpc) is 3.26. The standard InChI is InChI=1S/C24H28N4O3/c1-4-7-20(28-19-9-6-5-8-17(19)26-24(28)31)22-25-18-11-10-16(23(29)30)14-21(18)27(22)13-12-15(2)3/h5-6,8-11,14-15,20H,4,7,12-13H2,1-3H3,(H,26,31)(H,29,30). The van der Waals surface area contributed by atoms with Crippen molar-refractivity contribution in [3.63, 3.8) is 0 Å². The quantitative estimate of drug-likeness (QED) is 0.428. The molecule has 2 aromatic carbocycles. The number of fused-ring (bicyclic) bond motifs is 2. The van der Waals surface area contributed by atoms with Gasteiger partial charge in [0.15, 0.2) is 0 Å². The molecule has 0 saturated carbocycles. The van der Waals surface area contributed by atoms with Gasteiger partial charge in [0.1, 0.15) is 5.82 Å². The molecule has 31 heavy (non-hydrogen) atoms. The summed E-state index contributed by atoms with van der Waals surface area (Å²) in [7, 11) is 0. The van der Waals surface area contributed by atoms with E-state index < -0.39 is 5.97 Å². The van der Waals surface area contributed by atoms with E-state index in [1.165, 1.54) is 0 Å². The van der Waals surface area contributed by atoms with Gasteiger partial charge >= 0.3 is 11.7 Å². The Morgan fingerprint density at radius 2 is 1.90 bits per heavy atom. The summed E-state index contributed by atoms with van der Waals surface area (Å²) < 4.78 is 3.90. The molecule has 4 aromatic rings. The molecule has 0 spiro atoms. The number of aromatic amines is 1. The van der Waals surface area contributed by atoms with Crippen LogP contribution in [-0.2, 0) is 6.54 Å². The third-order valence-corrected chi connectivity index (χ3v) is 5.75. The first kappa shape index (κ1) is 20.9. The molecule has 2 heterocycles. The van der Waals surface area contributed by atoms with E-state index in [0.717, 1.165) is 47.2 Å². The summed E-state index contributed by atoms with van der Waals surface area (Å²) >= 11 is 0. The van der Waals surface area contributed by atoms with Gasteiger partial charge in [0.05, 0.1) is 33.7 Å². The molecule has 0 saturated heterocycles. The van der Waals surface area contributed by atoms with Crippen LogP contribution >= 0.6 is 0 Å².